The van der Waals surface area contributed by atoms with Gasteiger partial charge in [0.15, 0.2) is 0 Å². The molecule has 0 saturated carbocycles. The van der Waals surface area contributed by atoms with Gasteiger partial charge in [0.2, 0.25) is 0 Å². The Morgan fingerprint density at radius 3 is 2.57 bits per heavy atom. The minimum atomic E-state index is -0.00851. The van der Waals surface area contributed by atoms with Crippen LogP contribution < -0.4 is 0 Å². The van der Waals surface area contributed by atoms with Crippen LogP contribution in [0.2, 0.25) is 0 Å². The first kappa shape index (κ1) is 18.3. The molecular formula is C16H24ClNO2S. The van der Waals surface area contributed by atoms with Crippen molar-refractivity contribution in [2.45, 2.75) is 24.7 Å². The molecule has 2 rings (SSSR count). The molecular weight excluding hydrogens is 306 g/mol. The Balaban J connectivity index is 0.00000220. The summed E-state index contributed by atoms with van der Waals surface area (Å²) in [6.45, 7) is 5.48. The first-order valence-corrected chi connectivity index (χ1v) is 8.35. The maximum absolute atomic E-state index is 11.7. The van der Waals surface area contributed by atoms with Crippen molar-refractivity contribution in [1.82, 2.24) is 4.90 Å². The van der Waals surface area contributed by atoms with E-state index in [0.29, 0.717) is 6.61 Å². The lowest BCUT2D eigenvalue weighted by atomic mass is 9.97. The van der Waals surface area contributed by atoms with Crippen molar-refractivity contribution in [3.8, 4) is 0 Å². The van der Waals surface area contributed by atoms with Gasteiger partial charge in [-0.2, -0.15) is 0 Å². The third-order valence-corrected chi connectivity index (χ3v) is 4.62. The standard InChI is InChI=1S/C16H23NO2S.ClH/c1-2-19-16(18)14-8-10-17(11-9-14)12-13-20-15-6-4-3-5-7-15;/h3-7,14H,2,8-13H2,1H3;1H. The lowest BCUT2D eigenvalue weighted by Gasteiger charge is -2.30. The second-order valence-corrected chi connectivity index (χ2v) is 6.20. The second kappa shape index (κ2) is 10.1. The van der Waals surface area contributed by atoms with Gasteiger partial charge in [-0.3, -0.25) is 4.79 Å². The number of rotatable bonds is 6. The molecule has 1 aliphatic heterocycles. The summed E-state index contributed by atoms with van der Waals surface area (Å²) < 4.78 is 5.09. The molecule has 1 aliphatic rings. The Kier molecular flexibility index (Phi) is 8.81. The highest BCUT2D eigenvalue weighted by atomic mass is 35.5. The number of piperidine rings is 1. The van der Waals surface area contributed by atoms with E-state index in [1.54, 1.807) is 0 Å². The zero-order chi connectivity index (χ0) is 14.2. The molecule has 118 valence electrons. The molecule has 1 heterocycles. The molecule has 0 radical (unpaired) electrons. The van der Waals surface area contributed by atoms with Crippen molar-refractivity contribution in [2.24, 2.45) is 5.92 Å². The van der Waals surface area contributed by atoms with Gasteiger partial charge in [-0.05, 0) is 45.0 Å². The van der Waals surface area contributed by atoms with E-state index in [1.165, 1.54) is 4.90 Å². The molecule has 0 bridgehead atoms. The number of carbonyl (C=O) groups excluding carboxylic acids is 1. The SMILES string of the molecule is CCOC(=O)C1CCN(CCSc2ccccc2)CC1.Cl. The Morgan fingerprint density at radius 2 is 1.95 bits per heavy atom. The number of hydrogen-bond donors (Lipinski definition) is 0. The van der Waals surface area contributed by atoms with E-state index in [-0.39, 0.29) is 24.3 Å². The van der Waals surface area contributed by atoms with Gasteiger partial charge in [-0.1, -0.05) is 18.2 Å². The van der Waals surface area contributed by atoms with Crippen molar-refractivity contribution >= 4 is 30.1 Å². The van der Waals surface area contributed by atoms with Crippen molar-refractivity contribution in [3.05, 3.63) is 30.3 Å². The third kappa shape index (κ3) is 6.29. The Morgan fingerprint density at radius 1 is 1.29 bits per heavy atom. The fourth-order valence-corrected chi connectivity index (χ4v) is 3.40. The van der Waals surface area contributed by atoms with Crippen LogP contribution in [0.1, 0.15) is 19.8 Å². The van der Waals surface area contributed by atoms with Crippen molar-refractivity contribution in [3.63, 3.8) is 0 Å². The molecule has 21 heavy (non-hydrogen) atoms. The molecule has 0 aromatic heterocycles. The maximum atomic E-state index is 11.7. The quantitative estimate of drug-likeness (QED) is 0.590. The highest BCUT2D eigenvalue weighted by molar-refractivity contribution is 7.99. The highest BCUT2D eigenvalue weighted by Crippen LogP contribution is 2.21. The van der Waals surface area contributed by atoms with Crippen LogP contribution in [0.5, 0.6) is 0 Å². The van der Waals surface area contributed by atoms with E-state index in [2.05, 4.69) is 29.2 Å². The van der Waals surface area contributed by atoms with Crippen molar-refractivity contribution in [2.75, 3.05) is 32.0 Å². The van der Waals surface area contributed by atoms with Gasteiger partial charge in [0.25, 0.3) is 0 Å². The van der Waals surface area contributed by atoms with Gasteiger partial charge < -0.3 is 9.64 Å². The molecule has 0 amide bonds. The van der Waals surface area contributed by atoms with Crippen LogP contribution in [0.3, 0.4) is 0 Å². The summed E-state index contributed by atoms with van der Waals surface area (Å²) in [5.41, 5.74) is 0. The summed E-state index contributed by atoms with van der Waals surface area (Å²) in [5, 5.41) is 0. The van der Waals surface area contributed by atoms with Gasteiger partial charge in [0.1, 0.15) is 0 Å². The maximum Gasteiger partial charge on any atom is 0.309 e. The number of benzene rings is 1. The van der Waals surface area contributed by atoms with Crippen LogP contribution in [0, 0.1) is 5.92 Å². The van der Waals surface area contributed by atoms with Crippen LogP contribution in [-0.2, 0) is 9.53 Å². The normalized spacial score (nSPS) is 16.2. The lowest BCUT2D eigenvalue weighted by Crippen LogP contribution is -2.38. The average Bonchev–Trinajstić information content (AvgIpc) is 2.49. The van der Waals surface area contributed by atoms with Crippen LogP contribution >= 0.6 is 24.2 Å². The predicted molar refractivity (Wildman–Crippen MR) is 90.2 cm³/mol. The average molecular weight is 330 g/mol. The largest absolute Gasteiger partial charge is 0.466 e. The minimum Gasteiger partial charge on any atom is -0.466 e. The number of carbonyl (C=O) groups is 1. The molecule has 0 atom stereocenters. The summed E-state index contributed by atoms with van der Waals surface area (Å²) in [6, 6.07) is 10.5. The molecule has 0 unspecified atom stereocenters. The number of hydrogen-bond acceptors (Lipinski definition) is 4. The van der Waals surface area contributed by atoms with Crippen LogP contribution in [0.4, 0.5) is 0 Å². The summed E-state index contributed by atoms with van der Waals surface area (Å²) in [5.74, 6) is 1.22. The van der Waals surface area contributed by atoms with E-state index in [4.69, 9.17) is 4.74 Å². The molecule has 1 aromatic rings. The predicted octanol–water partition coefficient (Wildman–Crippen LogP) is 3.48. The van der Waals surface area contributed by atoms with E-state index in [9.17, 15) is 4.79 Å². The highest BCUT2D eigenvalue weighted by Gasteiger charge is 2.25. The van der Waals surface area contributed by atoms with E-state index < -0.39 is 0 Å². The number of ether oxygens (including phenoxy) is 1. The summed E-state index contributed by atoms with van der Waals surface area (Å²) in [6.07, 6.45) is 1.88. The molecule has 5 heteroatoms. The third-order valence-electron chi connectivity index (χ3n) is 3.63. The van der Waals surface area contributed by atoms with Crippen LogP contribution in [-0.4, -0.2) is 42.9 Å². The fraction of sp³-hybridized carbons (Fsp3) is 0.562. The first-order valence-electron chi connectivity index (χ1n) is 7.36. The molecule has 3 nitrogen and oxygen atoms in total. The fourth-order valence-electron chi connectivity index (χ4n) is 2.46. The Labute approximate surface area is 137 Å². The van der Waals surface area contributed by atoms with Gasteiger partial charge in [-0.25, -0.2) is 0 Å². The minimum absolute atomic E-state index is 0. The van der Waals surface area contributed by atoms with E-state index in [1.807, 2.05) is 24.8 Å². The number of likely N-dealkylation sites (tertiary alicyclic amines) is 1. The second-order valence-electron chi connectivity index (χ2n) is 5.03. The van der Waals surface area contributed by atoms with Crippen molar-refractivity contribution in [1.29, 1.82) is 0 Å². The van der Waals surface area contributed by atoms with Gasteiger partial charge in [0, 0.05) is 17.2 Å². The number of esters is 1. The van der Waals surface area contributed by atoms with E-state index in [0.717, 1.165) is 38.2 Å². The summed E-state index contributed by atoms with van der Waals surface area (Å²) >= 11 is 1.90. The van der Waals surface area contributed by atoms with Crippen LogP contribution in [0.25, 0.3) is 0 Å². The molecule has 1 aromatic carbocycles. The van der Waals surface area contributed by atoms with Gasteiger partial charge in [-0.15, -0.1) is 24.2 Å². The lowest BCUT2D eigenvalue weighted by molar-refractivity contribution is -0.149. The zero-order valence-corrected chi connectivity index (χ0v) is 14.1. The van der Waals surface area contributed by atoms with Gasteiger partial charge >= 0.3 is 5.97 Å². The van der Waals surface area contributed by atoms with Crippen LogP contribution in [0.15, 0.2) is 35.2 Å². The number of nitrogens with zero attached hydrogens (tertiary/aromatic N) is 1. The number of thioether (sulfide) groups is 1. The topological polar surface area (TPSA) is 29.5 Å². The number of halogens is 1. The summed E-state index contributed by atoms with van der Waals surface area (Å²) in [7, 11) is 0. The first-order chi connectivity index (χ1) is 9.79. The smallest absolute Gasteiger partial charge is 0.309 e. The summed E-state index contributed by atoms with van der Waals surface area (Å²) in [4.78, 5) is 15.4. The van der Waals surface area contributed by atoms with Crippen molar-refractivity contribution < 1.29 is 9.53 Å². The molecule has 0 aliphatic carbocycles. The Bertz CT molecular complexity index is 408. The molecule has 0 spiro atoms. The Hall–Kier alpha value is -0.710. The van der Waals surface area contributed by atoms with E-state index >= 15 is 0 Å². The molecule has 1 fully saturated rings. The zero-order valence-electron chi connectivity index (χ0n) is 12.5. The monoisotopic (exact) mass is 329 g/mol. The molecule has 0 N–H and O–H groups in total. The van der Waals surface area contributed by atoms with Gasteiger partial charge in [0.05, 0.1) is 12.5 Å². The molecule has 1 saturated heterocycles.